The van der Waals surface area contributed by atoms with Crippen molar-refractivity contribution in [2.45, 2.75) is 25.8 Å². The largest absolute Gasteiger partial charge is 0.334 e. The second-order valence-corrected chi connectivity index (χ2v) is 18.1. The molecule has 0 radical (unpaired) electrons. The van der Waals surface area contributed by atoms with Crippen molar-refractivity contribution in [1.82, 2.24) is 0 Å². The molecule has 70 heavy (non-hydrogen) atoms. The molecule has 2 nitrogen and oxygen atoms in total. The molecule has 0 amide bonds. The topological polar surface area (TPSA) is 6.48 Å². The van der Waals surface area contributed by atoms with Gasteiger partial charge in [0.15, 0.2) is 0 Å². The van der Waals surface area contributed by atoms with E-state index in [1.54, 1.807) is 0 Å². The zero-order chi connectivity index (χ0) is 47.1. The molecular weight excluding hydrogens is 845 g/mol. The Morgan fingerprint density at radius 1 is 0.357 bits per heavy atom. The molecule has 0 aromatic heterocycles. The smallest absolute Gasteiger partial charge is 0.0560 e. The van der Waals surface area contributed by atoms with Crippen molar-refractivity contribution >= 4 is 45.2 Å². The summed E-state index contributed by atoms with van der Waals surface area (Å²) in [5.41, 5.74) is 21.5. The summed E-state index contributed by atoms with van der Waals surface area (Å²) in [6, 6.07) is 85.7. The molecule has 0 fully saturated rings. The number of nitrogens with zero attached hydrogens (tertiary/aromatic N) is 2. The van der Waals surface area contributed by atoms with Gasteiger partial charge in [0, 0.05) is 28.4 Å². The van der Waals surface area contributed by atoms with E-state index in [9.17, 15) is 0 Å². The molecular formula is C68H54N2. The van der Waals surface area contributed by atoms with Crippen LogP contribution in [0.25, 0.3) is 50.1 Å². The Bertz CT molecular complexity index is 3380. The first kappa shape index (κ1) is 43.8. The molecule has 9 aromatic carbocycles. The van der Waals surface area contributed by atoms with Gasteiger partial charge in [-0.2, -0.15) is 0 Å². The molecule has 11 rings (SSSR count). The van der Waals surface area contributed by atoms with E-state index < -0.39 is 0 Å². The Morgan fingerprint density at radius 2 is 0.843 bits per heavy atom. The number of allylic oxidation sites excluding steroid dienone is 8. The molecule has 2 aliphatic rings. The van der Waals surface area contributed by atoms with Gasteiger partial charge in [0.1, 0.15) is 0 Å². The molecule has 0 heterocycles. The van der Waals surface area contributed by atoms with Crippen molar-refractivity contribution in [3.8, 4) is 33.4 Å². The third-order valence-electron chi connectivity index (χ3n) is 13.5. The maximum Gasteiger partial charge on any atom is 0.0560 e. The molecule has 2 heteroatoms. The molecule has 0 N–H and O–H groups in total. The van der Waals surface area contributed by atoms with Crippen molar-refractivity contribution in [1.29, 1.82) is 0 Å². The number of hydrogen-bond donors (Lipinski definition) is 0. The number of rotatable bonds is 12. The summed E-state index contributed by atoms with van der Waals surface area (Å²) in [7, 11) is 0. The van der Waals surface area contributed by atoms with Crippen molar-refractivity contribution in [2.75, 3.05) is 9.80 Å². The van der Waals surface area contributed by atoms with E-state index in [4.69, 9.17) is 0 Å². The van der Waals surface area contributed by atoms with Gasteiger partial charge in [-0.1, -0.05) is 218 Å². The Balaban J connectivity index is 0.886. The normalized spacial score (nSPS) is 14.2. The Kier molecular flexibility index (Phi) is 12.7. The van der Waals surface area contributed by atoms with Crippen LogP contribution >= 0.6 is 0 Å². The van der Waals surface area contributed by atoms with E-state index in [2.05, 4.69) is 296 Å². The monoisotopic (exact) mass is 898 g/mol. The molecule has 2 aliphatic carbocycles. The Hall–Kier alpha value is -8.72. The third-order valence-corrected chi connectivity index (χ3v) is 13.5. The molecule has 336 valence electrons. The molecule has 1 unspecified atom stereocenters. The lowest BCUT2D eigenvalue weighted by atomic mass is 9.89. The van der Waals surface area contributed by atoms with Crippen LogP contribution in [0.4, 0.5) is 28.4 Å². The van der Waals surface area contributed by atoms with Crippen LogP contribution in [-0.4, -0.2) is 6.04 Å². The second kappa shape index (κ2) is 20.2. The highest BCUT2D eigenvalue weighted by Crippen LogP contribution is 2.41. The van der Waals surface area contributed by atoms with Gasteiger partial charge in [-0.3, -0.25) is 0 Å². The van der Waals surface area contributed by atoms with E-state index in [0.717, 1.165) is 29.9 Å². The fourth-order valence-corrected chi connectivity index (χ4v) is 9.97. The molecule has 0 bridgehead atoms. The number of hydrogen-bond acceptors (Lipinski definition) is 2. The van der Waals surface area contributed by atoms with Gasteiger partial charge in [0.2, 0.25) is 0 Å². The maximum absolute atomic E-state index is 2.47. The van der Waals surface area contributed by atoms with Crippen LogP contribution in [0.1, 0.15) is 35.1 Å². The van der Waals surface area contributed by atoms with Crippen LogP contribution in [0.3, 0.4) is 0 Å². The highest BCUT2D eigenvalue weighted by Gasteiger charge is 2.22. The van der Waals surface area contributed by atoms with E-state index in [1.807, 2.05) is 0 Å². The molecule has 9 aromatic rings. The summed E-state index contributed by atoms with van der Waals surface area (Å²) in [6.45, 7) is 2.19. The average Bonchev–Trinajstić information content (AvgIpc) is 3.70. The van der Waals surface area contributed by atoms with Gasteiger partial charge in [-0.15, -0.1) is 0 Å². The fourth-order valence-electron chi connectivity index (χ4n) is 9.97. The summed E-state index contributed by atoms with van der Waals surface area (Å²) in [5, 5.41) is 0. The van der Waals surface area contributed by atoms with Gasteiger partial charge in [-0.25, -0.2) is 0 Å². The van der Waals surface area contributed by atoms with Crippen LogP contribution < -0.4 is 9.80 Å². The highest BCUT2D eigenvalue weighted by atomic mass is 15.2. The van der Waals surface area contributed by atoms with Gasteiger partial charge >= 0.3 is 0 Å². The lowest BCUT2D eigenvalue weighted by molar-refractivity contribution is 0.787. The first-order valence-electron chi connectivity index (χ1n) is 24.4. The SMILES string of the molecule is Cc1ccc(-c2ccc(N(c3ccccc3)c3ccc(-c4ccccc4)cc3)cc2)c(C2=CC(c3ccccc3-c3ccc(N(c4ccccc4)C4C=CC(c5ccccc5)=CC4)cc3)=CCC=C2)c1. The van der Waals surface area contributed by atoms with Crippen molar-refractivity contribution in [3.63, 3.8) is 0 Å². The minimum absolute atomic E-state index is 0.192. The number of anilines is 5. The second-order valence-electron chi connectivity index (χ2n) is 18.1. The molecule has 0 saturated heterocycles. The van der Waals surface area contributed by atoms with Crippen LogP contribution in [0, 0.1) is 6.92 Å². The first-order valence-corrected chi connectivity index (χ1v) is 24.4. The lowest BCUT2D eigenvalue weighted by Crippen LogP contribution is -2.30. The van der Waals surface area contributed by atoms with Crippen molar-refractivity contribution in [3.05, 3.63) is 301 Å². The third kappa shape index (κ3) is 9.41. The van der Waals surface area contributed by atoms with Crippen molar-refractivity contribution < 1.29 is 0 Å². The molecule has 0 spiro atoms. The first-order chi connectivity index (χ1) is 34.6. The van der Waals surface area contributed by atoms with Gasteiger partial charge < -0.3 is 9.80 Å². The number of para-hydroxylation sites is 2. The summed E-state index contributed by atoms with van der Waals surface area (Å²) in [5.74, 6) is 0. The fraction of sp³-hybridized carbons (Fsp3) is 0.0588. The predicted molar refractivity (Wildman–Crippen MR) is 299 cm³/mol. The minimum atomic E-state index is 0.192. The van der Waals surface area contributed by atoms with Crippen molar-refractivity contribution in [2.24, 2.45) is 0 Å². The van der Waals surface area contributed by atoms with E-state index in [0.29, 0.717) is 0 Å². The highest BCUT2D eigenvalue weighted by molar-refractivity contribution is 5.96. The van der Waals surface area contributed by atoms with Gasteiger partial charge in [0.25, 0.3) is 0 Å². The standard InChI is InChI=1S/C68H54N2/c1-50-30-47-67(56-37-45-64(46-38-56)70(60-26-12-5-13-27-60)62-41-33-54(34-42-62)52-20-8-3-9-21-52)68(48-50)58-23-15-14-22-57(49-58)66-29-17-16-28-65(66)55-35-43-63(44-36-55)69(59-24-10-4-11-25-59)61-39-31-53(32-40-61)51-18-6-2-7-19-51/h2-13,15-39,41-49,61H,14,40H2,1H3. The van der Waals surface area contributed by atoms with Gasteiger partial charge in [-0.05, 0) is 153 Å². The average molecular weight is 899 g/mol. The van der Waals surface area contributed by atoms with E-state index in [1.165, 1.54) is 83.7 Å². The van der Waals surface area contributed by atoms with E-state index >= 15 is 0 Å². The van der Waals surface area contributed by atoms with E-state index in [-0.39, 0.29) is 6.04 Å². The minimum Gasteiger partial charge on any atom is -0.334 e. The maximum atomic E-state index is 2.47. The van der Waals surface area contributed by atoms with Crippen LogP contribution in [0.2, 0.25) is 0 Å². The number of aryl methyl sites for hydroxylation is 1. The lowest BCUT2D eigenvalue weighted by Gasteiger charge is -2.33. The van der Waals surface area contributed by atoms with Crippen LogP contribution in [0.15, 0.2) is 279 Å². The molecule has 0 saturated carbocycles. The molecule has 1 atom stereocenters. The van der Waals surface area contributed by atoms with Crippen LogP contribution in [0.5, 0.6) is 0 Å². The quantitative estimate of drug-likeness (QED) is 0.121. The zero-order valence-electron chi connectivity index (χ0n) is 39.4. The Labute approximate surface area is 413 Å². The summed E-state index contributed by atoms with van der Waals surface area (Å²) < 4.78 is 0. The zero-order valence-corrected chi connectivity index (χ0v) is 39.4. The predicted octanol–water partition coefficient (Wildman–Crippen LogP) is 18.4. The molecule has 0 aliphatic heterocycles. The Morgan fingerprint density at radius 3 is 1.46 bits per heavy atom. The number of benzene rings is 9. The van der Waals surface area contributed by atoms with Gasteiger partial charge in [0.05, 0.1) is 6.04 Å². The summed E-state index contributed by atoms with van der Waals surface area (Å²) >= 11 is 0. The summed E-state index contributed by atoms with van der Waals surface area (Å²) in [6.07, 6.45) is 18.1. The summed E-state index contributed by atoms with van der Waals surface area (Å²) in [4.78, 5) is 4.80. The van der Waals surface area contributed by atoms with Crippen LogP contribution in [-0.2, 0) is 0 Å².